The first-order valence-corrected chi connectivity index (χ1v) is 5.87. The van der Waals surface area contributed by atoms with E-state index in [9.17, 15) is 0 Å². The van der Waals surface area contributed by atoms with Crippen LogP contribution in [0.5, 0.6) is 0 Å². The Morgan fingerprint density at radius 1 is 1.53 bits per heavy atom. The molecule has 0 aromatic heterocycles. The Kier molecular flexibility index (Phi) is 4.61. The van der Waals surface area contributed by atoms with Gasteiger partial charge in [0.2, 0.25) is 0 Å². The van der Waals surface area contributed by atoms with Gasteiger partial charge in [-0.15, -0.1) is 0 Å². The van der Waals surface area contributed by atoms with Gasteiger partial charge in [0.05, 0.1) is 0 Å². The standard InChI is InChI=1S/C15H22/c1-5-6-7-13(3)14(4)11-15-9-8-12(2)10-15/h9-11H,3,5-8H2,1-2,4H3/b14-11+. The van der Waals surface area contributed by atoms with E-state index < -0.39 is 0 Å². The highest BCUT2D eigenvalue weighted by Crippen LogP contribution is 2.22. The average molecular weight is 202 g/mol. The van der Waals surface area contributed by atoms with Crippen molar-refractivity contribution < 1.29 is 0 Å². The van der Waals surface area contributed by atoms with E-state index in [1.54, 1.807) is 0 Å². The van der Waals surface area contributed by atoms with Crippen LogP contribution in [0, 0.1) is 0 Å². The van der Waals surface area contributed by atoms with Gasteiger partial charge in [0.25, 0.3) is 0 Å². The molecule has 0 aromatic rings. The fraction of sp³-hybridized carbons (Fsp3) is 0.467. The summed E-state index contributed by atoms with van der Waals surface area (Å²) >= 11 is 0. The first-order valence-electron chi connectivity index (χ1n) is 5.87. The lowest BCUT2D eigenvalue weighted by atomic mass is 10.0. The zero-order valence-corrected chi connectivity index (χ0v) is 10.3. The molecule has 15 heavy (non-hydrogen) atoms. The molecular weight excluding hydrogens is 180 g/mol. The molecule has 0 bridgehead atoms. The summed E-state index contributed by atoms with van der Waals surface area (Å²) in [5.74, 6) is 0. The highest BCUT2D eigenvalue weighted by Gasteiger charge is 2.02. The van der Waals surface area contributed by atoms with E-state index in [0.717, 1.165) is 12.8 Å². The Bertz CT molecular complexity index is 324. The Balaban J connectivity index is 2.56. The van der Waals surface area contributed by atoms with Gasteiger partial charge in [-0.05, 0) is 44.3 Å². The number of allylic oxidation sites excluding steroid dienone is 7. The predicted molar refractivity (Wildman–Crippen MR) is 68.9 cm³/mol. The van der Waals surface area contributed by atoms with E-state index in [2.05, 4.69) is 45.6 Å². The first kappa shape index (κ1) is 12.0. The summed E-state index contributed by atoms with van der Waals surface area (Å²) in [7, 11) is 0. The van der Waals surface area contributed by atoms with Crippen LogP contribution >= 0.6 is 0 Å². The molecule has 0 aliphatic heterocycles. The average Bonchev–Trinajstić information content (AvgIpc) is 2.60. The van der Waals surface area contributed by atoms with Crippen LogP contribution in [0.4, 0.5) is 0 Å². The maximum atomic E-state index is 4.14. The number of hydrogen-bond donors (Lipinski definition) is 0. The minimum absolute atomic E-state index is 1.11. The topological polar surface area (TPSA) is 0 Å². The molecule has 82 valence electrons. The van der Waals surface area contributed by atoms with Crippen molar-refractivity contribution in [2.45, 2.75) is 46.5 Å². The van der Waals surface area contributed by atoms with Crippen LogP contribution in [0.1, 0.15) is 46.5 Å². The number of rotatable bonds is 5. The highest BCUT2D eigenvalue weighted by atomic mass is 14.1. The predicted octanol–water partition coefficient (Wildman–Crippen LogP) is 4.96. The molecule has 0 unspecified atom stereocenters. The van der Waals surface area contributed by atoms with Crippen LogP contribution in [0.2, 0.25) is 0 Å². The third kappa shape index (κ3) is 3.91. The zero-order chi connectivity index (χ0) is 11.3. The summed E-state index contributed by atoms with van der Waals surface area (Å²) in [6.07, 6.45) is 11.5. The first-order chi connectivity index (χ1) is 7.13. The van der Waals surface area contributed by atoms with Crippen LogP contribution in [-0.2, 0) is 0 Å². The third-order valence-electron chi connectivity index (χ3n) is 2.85. The lowest BCUT2D eigenvalue weighted by Gasteiger charge is -2.05. The molecule has 1 aliphatic carbocycles. The summed E-state index contributed by atoms with van der Waals surface area (Å²) in [6, 6.07) is 0. The second-order valence-electron chi connectivity index (χ2n) is 4.43. The summed E-state index contributed by atoms with van der Waals surface area (Å²) in [5, 5.41) is 0. The van der Waals surface area contributed by atoms with Crippen molar-refractivity contribution in [1.29, 1.82) is 0 Å². The van der Waals surface area contributed by atoms with Crippen molar-refractivity contribution >= 4 is 0 Å². The van der Waals surface area contributed by atoms with E-state index in [1.165, 1.54) is 35.1 Å². The Morgan fingerprint density at radius 2 is 2.27 bits per heavy atom. The third-order valence-corrected chi connectivity index (χ3v) is 2.85. The SMILES string of the molecule is C=C(CCCC)/C(C)=C/C1=CCC(C)=C1. The minimum Gasteiger partial charge on any atom is -0.0956 e. The Labute approximate surface area is 94.1 Å². The molecule has 0 atom stereocenters. The Morgan fingerprint density at radius 3 is 2.80 bits per heavy atom. The van der Waals surface area contributed by atoms with Gasteiger partial charge < -0.3 is 0 Å². The molecule has 1 rings (SSSR count). The van der Waals surface area contributed by atoms with E-state index in [1.807, 2.05) is 0 Å². The number of unbranched alkanes of at least 4 members (excludes halogenated alkanes) is 1. The van der Waals surface area contributed by atoms with E-state index in [4.69, 9.17) is 0 Å². The lowest BCUT2D eigenvalue weighted by Crippen LogP contribution is -1.85. The number of hydrogen-bond acceptors (Lipinski definition) is 0. The van der Waals surface area contributed by atoms with Gasteiger partial charge in [-0.3, -0.25) is 0 Å². The molecule has 0 saturated carbocycles. The van der Waals surface area contributed by atoms with Crippen LogP contribution in [0.15, 0.2) is 47.1 Å². The molecule has 0 fully saturated rings. The molecule has 0 saturated heterocycles. The van der Waals surface area contributed by atoms with E-state index in [0.29, 0.717) is 0 Å². The van der Waals surface area contributed by atoms with Crippen molar-refractivity contribution in [3.05, 3.63) is 47.1 Å². The highest BCUT2D eigenvalue weighted by molar-refractivity contribution is 5.44. The second kappa shape index (κ2) is 5.75. The maximum absolute atomic E-state index is 4.14. The fourth-order valence-electron chi connectivity index (χ4n) is 1.72. The van der Waals surface area contributed by atoms with Crippen LogP contribution in [0.25, 0.3) is 0 Å². The Hall–Kier alpha value is -1.04. The quantitative estimate of drug-likeness (QED) is 0.553. The van der Waals surface area contributed by atoms with Gasteiger partial charge in [0, 0.05) is 0 Å². The minimum atomic E-state index is 1.11. The molecule has 0 N–H and O–H groups in total. The van der Waals surface area contributed by atoms with Crippen molar-refractivity contribution in [2.24, 2.45) is 0 Å². The van der Waals surface area contributed by atoms with Gasteiger partial charge in [-0.25, -0.2) is 0 Å². The molecule has 0 aromatic carbocycles. The molecule has 0 heteroatoms. The summed E-state index contributed by atoms with van der Waals surface area (Å²) < 4.78 is 0. The van der Waals surface area contributed by atoms with E-state index >= 15 is 0 Å². The molecule has 0 nitrogen and oxygen atoms in total. The van der Waals surface area contributed by atoms with Gasteiger partial charge in [-0.2, -0.15) is 0 Å². The molecule has 1 aliphatic rings. The molecular formula is C15H22. The van der Waals surface area contributed by atoms with Crippen LogP contribution in [-0.4, -0.2) is 0 Å². The normalized spacial score (nSPS) is 16.3. The molecule has 0 radical (unpaired) electrons. The van der Waals surface area contributed by atoms with Crippen molar-refractivity contribution in [3.8, 4) is 0 Å². The largest absolute Gasteiger partial charge is 0.0956 e. The van der Waals surface area contributed by atoms with Gasteiger partial charge in [0.1, 0.15) is 0 Å². The van der Waals surface area contributed by atoms with Crippen molar-refractivity contribution in [3.63, 3.8) is 0 Å². The maximum Gasteiger partial charge on any atom is -0.0129 e. The van der Waals surface area contributed by atoms with Gasteiger partial charge in [0.15, 0.2) is 0 Å². The van der Waals surface area contributed by atoms with Gasteiger partial charge >= 0.3 is 0 Å². The van der Waals surface area contributed by atoms with Gasteiger partial charge in [-0.1, -0.05) is 49.3 Å². The van der Waals surface area contributed by atoms with E-state index in [-0.39, 0.29) is 0 Å². The molecule has 0 spiro atoms. The summed E-state index contributed by atoms with van der Waals surface area (Å²) in [5.41, 5.74) is 5.42. The fourth-order valence-corrected chi connectivity index (χ4v) is 1.72. The smallest absolute Gasteiger partial charge is 0.0129 e. The summed E-state index contributed by atoms with van der Waals surface area (Å²) in [4.78, 5) is 0. The summed E-state index contributed by atoms with van der Waals surface area (Å²) in [6.45, 7) is 10.7. The molecule has 0 amide bonds. The van der Waals surface area contributed by atoms with Crippen LogP contribution < -0.4 is 0 Å². The second-order valence-corrected chi connectivity index (χ2v) is 4.43. The molecule has 0 heterocycles. The van der Waals surface area contributed by atoms with Crippen LogP contribution in [0.3, 0.4) is 0 Å². The van der Waals surface area contributed by atoms with Crippen molar-refractivity contribution in [1.82, 2.24) is 0 Å². The monoisotopic (exact) mass is 202 g/mol. The van der Waals surface area contributed by atoms with Crippen molar-refractivity contribution in [2.75, 3.05) is 0 Å². The zero-order valence-electron chi connectivity index (χ0n) is 10.3. The lowest BCUT2D eigenvalue weighted by molar-refractivity contribution is 0.793.